The third kappa shape index (κ3) is 5.13. The monoisotopic (exact) mass is 255 g/mol. The second-order valence-corrected chi connectivity index (χ2v) is 3.88. The summed E-state index contributed by atoms with van der Waals surface area (Å²) in [5.41, 5.74) is 0. The largest absolute Gasteiger partial charge is 0.461 e. The summed E-state index contributed by atoms with van der Waals surface area (Å²) in [4.78, 5) is 12.6. The van der Waals surface area contributed by atoms with Crippen molar-refractivity contribution in [1.82, 2.24) is 15.0 Å². The molecule has 0 saturated carbocycles. The number of hydrogen-bond acceptors (Lipinski definition) is 7. The number of rotatable bonds is 8. The molecule has 0 spiro atoms. The summed E-state index contributed by atoms with van der Waals surface area (Å²) in [6.45, 7) is 7.78. The zero-order chi connectivity index (χ0) is 13.4. The van der Waals surface area contributed by atoms with Crippen LogP contribution in [0.5, 0.6) is 6.01 Å². The lowest BCUT2D eigenvalue weighted by Crippen LogP contribution is -2.15. The Balaban J connectivity index is 2.77. The number of ether oxygens (including phenoxy) is 2. The highest BCUT2D eigenvalue weighted by atomic mass is 16.5. The first-order chi connectivity index (χ1) is 8.65. The molecule has 0 atom stereocenters. The van der Waals surface area contributed by atoms with Crippen LogP contribution in [0.1, 0.15) is 20.8 Å². The maximum atomic E-state index is 5.47. The van der Waals surface area contributed by atoms with Crippen LogP contribution in [0.15, 0.2) is 0 Å². The summed E-state index contributed by atoms with van der Waals surface area (Å²) >= 11 is 0. The van der Waals surface area contributed by atoms with Crippen molar-refractivity contribution in [3.63, 3.8) is 0 Å². The average molecular weight is 255 g/mol. The Hall–Kier alpha value is -1.63. The van der Waals surface area contributed by atoms with Gasteiger partial charge >= 0.3 is 6.01 Å². The summed E-state index contributed by atoms with van der Waals surface area (Å²) in [5, 5.41) is 6.09. The molecule has 2 N–H and O–H groups in total. The molecule has 0 saturated heterocycles. The minimum atomic E-state index is 0.0219. The molecule has 0 aliphatic heterocycles. The fourth-order valence-corrected chi connectivity index (χ4v) is 1.20. The van der Waals surface area contributed by atoms with E-state index in [1.165, 1.54) is 0 Å². The van der Waals surface area contributed by atoms with Gasteiger partial charge in [-0.05, 0) is 20.8 Å². The van der Waals surface area contributed by atoms with Crippen LogP contribution in [-0.2, 0) is 4.74 Å². The van der Waals surface area contributed by atoms with Crippen molar-refractivity contribution < 1.29 is 9.47 Å². The Morgan fingerprint density at radius 1 is 1.11 bits per heavy atom. The summed E-state index contributed by atoms with van der Waals surface area (Å²) in [6.07, 6.45) is 0.0219. The molecular weight excluding hydrogens is 234 g/mol. The number of hydrogen-bond donors (Lipinski definition) is 2. The van der Waals surface area contributed by atoms with Gasteiger partial charge in [0.15, 0.2) is 0 Å². The van der Waals surface area contributed by atoms with E-state index >= 15 is 0 Å². The fourth-order valence-electron chi connectivity index (χ4n) is 1.20. The highest BCUT2D eigenvalue weighted by Crippen LogP contribution is 2.12. The summed E-state index contributed by atoms with van der Waals surface area (Å²) in [5.74, 6) is 0.983. The first kappa shape index (κ1) is 14.4. The molecule has 18 heavy (non-hydrogen) atoms. The Morgan fingerprint density at radius 3 is 2.33 bits per heavy atom. The van der Waals surface area contributed by atoms with E-state index in [9.17, 15) is 0 Å². The molecule has 0 aliphatic carbocycles. The molecule has 0 aromatic carbocycles. The van der Waals surface area contributed by atoms with E-state index in [1.54, 1.807) is 7.11 Å². The third-order valence-corrected chi connectivity index (χ3v) is 1.88. The van der Waals surface area contributed by atoms with Gasteiger partial charge in [0, 0.05) is 20.2 Å². The highest BCUT2D eigenvalue weighted by Gasteiger charge is 2.08. The number of nitrogens with zero attached hydrogens (tertiary/aromatic N) is 3. The number of aromatic nitrogens is 3. The summed E-state index contributed by atoms with van der Waals surface area (Å²) in [7, 11) is 1.65. The molecule has 1 aromatic heterocycles. The van der Waals surface area contributed by atoms with Crippen LogP contribution in [-0.4, -0.2) is 47.9 Å². The van der Waals surface area contributed by atoms with Crippen LogP contribution < -0.4 is 15.4 Å². The first-order valence-electron chi connectivity index (χ1n) is 6.05. The van der Waals surface area contributed by atoms with Gasteiger partial charge < -0.3 is 20.1 Å². The van der Waals surface area contributed by atoms with Gasteiger partial charge in [0.05, 0.1) is 12.7 Å². The van der Waals surface area contributed by atoms with Gasteiger partial charge in [0.1, 0.15) is 0 Å². The maximum Gasteiger partial charge on any atom is 0.323 e. The second-order valence-electron chi connectivity index (χ2n) is 3.88. The molecule has 0 radical (unpaired) electrons. The first-order valence-corrected chi connectivity index (χ1v) is 6.05. The molecule has 7 nitrogen and oxygen atoms in total. The number of methoxy groups -OCH3 is 1. The van der Waals surface area contributed by atoms with Crippen LogP contribution in [0.2, 0.25) is 0 Å². The summed E-state index contributed by atoms with van der Waals surface area (Å²) < 4.78 is 10.4. The van der Waals surface area contributed by atoms with Gasteiger partial charge in [0.2, 0.25) is 11.9 Å². The van der Waals surface area contributed by atoms with E-state index in [0.29, 0.717) is 31.1 Å². The standard InChI is InChI=1S/C11H21N5O2/c1-5-12-9-14-10(13-6-7-17-4)16-11(15-9)18-8(2)3/h8H,5-7H2,1-4H3,(H2,12,13,14,15,16). The van der Waals surface area contributed by atoms with E-state index in [4.69, 9.17) is 9.47 Å². The van der Waals surface area contributed by atoms with E-state index in [2.05, 4.69) is 25.6 Å². The number of nitrogens with one attached hydrogen (secondary N) is 2. The van der Waals surface area contributed by atoms with Gasteiger partial charge in [-0.1, -0.05) is 0 Å². The third-order valence-electron chi connectivity index (χ3n) is 1.88. The highest BCUT2D eigenvalue weighted by molar-refractivity contribution is 5.35. The van der Waals surface area contributed by atoms with Crippen molar-refractivity contribution >= 4 is 11.9 Å². The second kappa shape index (κ2) is 7.65. The van der Waals surface area contributed by atoms with E-state index in [0.717, 1.165) is 6.54 Å². The molecule has 1 aromatic rings. The molecule has 0 unspecified atom stereocenters. The van der Waals surface area contributed by atoms with Crippen molar-refractivity contribution in [3.8, 4) is 6.01 Å². The Morgan fingerprint density at radius 2 is 1.78 bits per heavy atom. The minimum absolute atomic E-state index is 0.0219. The lowest BCUT2D eigenvalue weighted by molar-refractivity contribution is 0.210. The Labute approximate surface area is 107 Å². The van der Waals surface area contributed by atoms with E-state index in [1.807, 2.05) is 20.8 Å². The fraction of sp³-hybridized carbons (Fsp3) is 0.727. The predicted molar refractivity (Wildman–Crippen MR) is 70.1 cm³/mol. The maximum absolute atomic E-state index is 5.47. The van der Waals surface area contributed by atoms with Crippen molar-refractivity contribution in [2.75, 3.05) is 37.4 Å². The zero-order valence-electron chi connectivity index (χ0n) is 11.4. The van der Waals surface area contributed by atoms with Crippen molar-refractivity contribution in [2.45, 2.75) is 26.9 Å². The smallest absolute Gasteiger partial charge is 0.323 e. The van der Waals surface area contributed by atoms with Gasteiger partial charge in [-0.15, -0.1) is 0 Å². The van der Waals surface area contributed by atoms with Gasteiger partial charge in [-0.3, -0.25) is 0 Å². The molecule has 0 bridgehead atoms. The van der Waals surface area contributed by atoms with Crippen LogP contribution in [0.25, 0.3) is 0 Å². The van der Waals surface area contributed by atoms with Crippen molar-refractivity contribution in [2.24, 2.45) is 0 Å². The van der Waals surface area contributed by atoms with Crippen LogP contribution in [0, 0.1) is 0 Å². The average Bonchev–Trinajstić information content (AvgIpc) is 2.28. The van der Waals surface area contributed by atoms with Crippen LogP contribution >= 0.6 is 0 Å². The van der Waals surface area contributed by atoms with Gasteiger partial charge in [-0.25, -0.2) is 0 Å². The normalized spacial score (nSPS) is 10.5. The zero-order valence-corrected chi connectivity index (χ0v) is 11.4. The molecule has 7 heteroatoms. The quantitative estimate of drug-likeness (QED) is 0.674. The van der Waals surface area contributed by atoms with Crippen molar-refractivity contribution in [1.29, 1.82) is 0 Å². The lowest BCUT2D eigenvalue weighted by atomic mass is 10.5. The molecule has 1 heterocycles. The van der Waals surface area contributed by atoms with Crippen LogP contribution in [0.3, 0.4) is 0 Å². The van der Waals surface area contributed by atoms with Gasteiger partial charge in [-0.2, -0.15) is 15.0 Å². The Bertz CT molecular complexity index is 359. The Kier molecular flexibility index (Phi) is 6.13. The van der Waals surface area contributed by atoms with Gasteiger partial charge in [0.25, 0.3) is 0 Å². The van der Waals surface area contributed by atoms with Crippen molar-refractivity contribution in [3.05, 3.63) is 0 Å². The minimum Gasteiger partial charge on any atom is -0.461 e. The topological polar surface area (TPSA) is 81.2 Å². The molecule has 0 amide bonds. The molecule has 102 valence electrons. The summed E-state index contributed by atoms with van der Waals surface area (Å²) in [6, 6.07) is 0.316. The molecule has 0 fully saturated rings. The van der Waals surface area contributed by atoms with Crippen LogP contribution in [0.4, 0.5) is 11.9 Å². The lowest BCUT2D eigenvalue weighted by Gasteiger charge is -2.11. The predicted octanol–water partition coefficient (Wildman–Crippen LogP) is 1.15. The molecule has 1 rings (SSSR count). The molecule has 0 aliphatic rings. The SMILES string of the molecule is CCNc1nc(NCCOC)nc(OC(C)C)n1. The van der Waals surface area contributed by atoms with E-state index in [-0.39, 0.29) is 6.10 Å². The molecular formula is C11H21N5O2. The van der Waals surface area contributed by atoms with E-state index < -0.39 is 0 Å². The number of anilines is 2.